The van der Waals surface area contributed by atoms with Crippen LogP contribution in [-0.4, -0.2) is 87.5 Å². The molecule has 9 nitrogen and oxygen atoms in total. The van der Waals surface area contributed by atoms with E-state index in [0.717, 1.165) is 70.6 Å². The van der Waals surface area contributed by atoms with Gasteiger partial charge in [-0.3, -0.25) is 4.79 Å². The van der Waals surface area contributed by atoms with E-state index in [1.54, 1.807) is 0 Å². The third-order valence-electron chi connectivity index (χ3n) is 9.70. The number of hydrogen-bond donors (Lipinski definition) is 6. The van der Waals surface area contributed by atoms with Crippen LogP contribution in [0.15, 0.2) is 48.6 Å². The Hall–Kier alpha value is -1.85. The molecule has 0 bridgehead atoms. The van der Waals surface area contributed by atoms with Crippen LogP contribution in [0, 0.1) is 0 Å². The van der Waals surface area contributed by atoms with Gasteiger partial charge in [0.2, 0.25) is 5.91 Å². The number of amides is 1. The normalized spacial score (nSPS) is 22.3. The van der Waals surface area contributed by atoms with Gasteiger partial charge >= 0.3 is 0 Å². The Bertz CT molecular complexity index is 951. The number of rotatable bonds is 33. The maximum atomic E-state index is 12.9. The molecule has 0 aromatic heterocycles. The van der Waals surface area contributed by atoms with Gasteiger partial charge in [0.25, 0.3) is 0 Å². The molecule has 0 aliphatic carbocycles. The summed E-state index contributed by atoms with van der Waals surface area (Å²) in [4.78, 5) is 12.9. The summed E-state index contributed by atoms with van der Waals surface area (Å²) in [6.45, 7) is 3.66. The highest BCUT2D eigenvalue weighted by atomic mass is 16.7. The molecule has 7 atom stereocenters. The van der Waals surface area contributed by atoms with Crippen LogP contribution in [0.2, 0.25) is 0 Å². The lowest BCUT2D eigenvalue weighted by Crippen LogP contribution is -2.60. The molecule has 1 aliphatic heterocycles. The molecule has 0 aromatic rings. The lowest BCUT2D eigenvalue weighted by atomic mass is 9.99. The lowest BCUT2D eigenvalue weighted by Gasteiger charge is -2.40. The molecule has 1 heterocycles. The van der Waals surface area contributed by atoms with E-state index in [1.807, 2.05) is 0 Å². The molecule has 0 radical (unpaired) electrons. The highest BCUT2D eigenvalue weighted by Gasteiger charge is 2.44. The van der Waals surface area contributed by atoms with Crippen molar-refractivity contribution in [3.05, 3.63) is 48.6 Å². The zero-order valence-corrected chi connectivity index (χ0v) is 32.8. The number of nitrogens with one attached hydrogen (secondary N) is 1. The Kier molecular flexibility index (Phi) is 31.2. The lowest BCUT2D eigenvalue weighted by molar-refractivity contribution is -0.302. The Balaban J connectivity index is 2.29. The SMILES string of the molecule is CC/C=C\C/C=C\C/C=C\C/C=C\CCCCCCCCCCC(=O)NC(COC1OC(CO)C(O)C(O)C1O)C(O)CCCCCCCCCC. The van der Waals surface area contributed by atoms with Crippen LogP contribution in [-0.2, 0) is 14.3 Å². The van der Waals surface area contributed by atoms with Gasteiger partial charge in [0.1, 0.15) is 24.4 Å². The number of carbonyl (C=O) groups is 1. The minimum absolute atomic E-state index is 0.144. The fourth-order valence-electron chi connectivity index (χ4n) is 6.33. The van der Waals surface area contributed by atoms with Crippen molar-refractivity contribution in [2.45, 2.75) is 204 Å². The van der Waals surface area contributed by atoms with Crippen molar-refractivity contribution in [2.75, 3.05) is 13.2 Å². The summed E-state index contributed by atoms with van der Waals surface area (Å²) in [5, 5.41) is 54.0. The van der Waals surface area contributed by atoms with Crippen molar-refractivity contribution >= 4 is 5.91 Å². The molecule has 52 heavy (non-hydrogen) atoms. The number of allylic oxidation sites excluding steroid dienone is 8. The van der Waals surface area contributed by atoms with Gasteiger partial charge in [-0.2, -0.15) is 0 Å². The summed E-state index contributed by atoms with van der Waals surface area (Å²) >= 11 is 0. The van der Waals surface area contributed by atoms with Gasteiger partial charge in [0.05, 0.1) is 25.4 Å². The zero-order chi connectivity index (χ0) is 38.1. The predicted molar refractivity (Wildman–Crippen MR) is 212 cm³/mol. The van der Waals surface area contributed by atoms with Crippen molar-refractivity contribution in [3.8, 4) is 0 Å². The van der Waals surface area contributed by atoms with Crippen LogP contribution >= 0.6 is 0 Å². The first-order chi connectivity index (χ1) is 25.3. The van der Waals surface area contributed by atoms with E-state index in [9.17, 15) is 30.3 Å². The highest BCUT2D eigenvalue weighted by Crippen LogP contribution is 2.23. The van der Waals surface area contributed by atoms with Crippen LogP contribution in [0.1, 0.15) is 162 Å². The van der Waals surface area contributed by atoms with Crippen molar-refractivity contribution in [1.82, 2.24) is 5.32 Å². The van der Waals surface area contributed by atoms with E-state index in [-0.39, 0.29) is 12.5 Å². The molecule has 1 fully saturated rings. The molecule has 1 saturated heterocycles. The smallest absolute Gasteiger partial charge is 0.220 e. The second-order valence-electron chi connectivity index (χ2n) is 14.4. The molecule has 7 unspecified atom stereocenters. The molecule has 1 aliphatic rings. The van der Waals surface area contributed by atoms with Gasteiger partial charge in [0.15, 0.2) is 6.29 Å². The van der Waals surface area contributed by atoms with Gasteiger partial charge in [-0.05, 0) is 51.4 Å². The molecule has 6 N–H and O–H groups in total. The highest BCUT2D eigenvalue weighted by molar-refractivity contribution is 5.76. The molecule has 1 rings (SSSR count). The number of carbonyl (C=O) groups excluding carboxylic acids is 1. The Labute approximate surface area is 316 Å². The van der Waals surface area contributed by atoms with Gasteiger partial charge in [0, 0.05) is 6.42 Å². The zero-order valence-electron chi connectivity index (χ0n) is 32.8. The van der Waals surface area contributed by atoms with Crippen LogP contribution in [0.3, 0.4) is 0 Å². The summed E-state index contributed by atoms with van der Waals surface area (Å²) in [5.74, 6) is -0.159. The van der Waals surface area contributed by atoms with Gasteiger partial charge < -0.3 is 40.3 Å². The summed E-state index contributed by atoms with van der Waals surface area (Å²) in [6, 6.07) is -0.721. The quantitative estimate of drug-likeness (QED) is 0.0295. The first-order valence-electron chi connectivity index (χ1n) is 20.8. The van der Waals surface area contributed by atoms with E-state index in [0.29, 0.717) is 12.8 Å². The maximum absolute atomic E-state index is 12.9. The number of aliphatic hydroxyl groups is 5. The Morgan fingerprint density at radius 3 is 1.77 bits per heavy atom. The summed E-state index contributed by atoms with van der Waals surface area (Å²) in [6.07, 6.45) is 34.1. The molecular weight excluding hydrogens is 658 g/mol. The number of ether oxygens (including phenoxy) is 2. The van der Waals surface area contributed by atoms with E-state index >= 15 is 0 Å². The Morgan fingerprint density at radius 2 is 1.19 bits per heavy atom. The fraction of sp³-hybridized carbons (Fsp3) is 0.791. The van der Waals surface area contributed by atoms with Crippen molar-refractivity contribution in [1.29, 1.82) is 0 Å². The minimum Gasteiger partial charge on any atom is -0.394 e. The number of hydrogen-bond acceptors (Lipinski definition) is 8. The van der Waals surface area contributed by atoms with E-state index in [1.165, 1.54) is 64.2 Å². The fourth-order valence-corrected chi connectivity index (χ4v) is 6.33. The third-order valence-corrected chi connectivity index (χ3v) is 9.70. The monoisotopic (exact) mass is 736 g/mol. The average molecular weight is 736 g/mol. The van der Waals surface area contributed by atoms with E-state index in [4.69, 9.17) is 9.47 Å². The van der Waals surface area contributed by atoms with Crippen LogP contribution in [0.5, 0.6) is 0 Å². The van der Waals surface area contributed by atoms with Crippen LogP contribution < -0.4 is 5.32 Å². The van der Waals surface area contributed by atoms with Crippen molar-refractivity contribution in [2.24, 2.45) is 0 Å². The number of aliphatic hydroxyl groups excluding tert-OH is 5. The molecular formula is C43H77NO8. The summed E-state index contributed by atoms with van der Waals surface area (Å²) in [7, 11) is 0. The van der Waals surface area contributed by atoms with Crippen LogP contribution in [0.4, 0.5) is 0 Å². The van der Waals surface area contributed by atoms with Gasteiger partial charge in [-0.1, -0.05) is 152 Å². The molecule has 0 spiro atoms. The molecule has 302 valence electrons. The predicted octanol–water partition coefficient (Wildman–Crippen LogP) is 7.89. The summed E-state index contributed by atoms with van der Waals surface area (Å²) < 4.78 is 11.2. The maximum Gasteiger partial charge on any atom is 0.220 e. The van der Waals surface area contributed by atoms with Gasteiger partial charge in [-0.25, -0.2) is 0 Å². The van der Waals surface area contributed by atoms with Crippen molar-refractivity contribution in [3.63, 3.8) is 0 Å². The first-order valence-corrected chi connectivity index (χ1v) is 20.8. The largest absolute Gasteiger partial charge is 0.394 e. The third kappa shape index (κ3) is 24.5. The molecule has 0 saturated carbocycles. The average Bonchev–Trinajstić information content (AvgIpc) is 3.14. The second kappa shape index (κ2) is 33.7. The van der Waals surface area contributed by atoms with E-state index < -0.39 is 49.5 Å². The van der Waals surface area contributed by atoms with Gasteiger partial charge in [-0.15, -0.1) is 0 Å². The van der Waals surface area contributed by atoms with E-state index in [2.05, 4.69) is 67.8 Å². The first kappa shape index (κ1) is 48.2. The minimum atomic E-state index is -1.55. The molecule has 1 amide bonds. The second-order valence-corrected chi connectivity index (χ2v) is 14.4. The van der Waals surface area contributed by atoms with Crippen LogP contribution in [0.25, 0.3) is 0 Å². The summed E-state index contributed by atoms with van der Waals surface area (Å²) in [5.41, 5.74) is 0. The topological polar surface area (TPSA) is 149 Å². The van der Waals surface area contributed by atoms with Crippen molar-refractivity contribution < 1.29 is 39.8 Å². The molecule has 9 heteroatoms. The standard InChI is InChI=1S/C43H77NO8/c1-3-5-7-9-11-13-14-15-16-17-18-19-20-21-22-23-24-25-27-29-31-33-39(47)44-36(37(46)32-30-28-26-12-10-8-6-4-2)35-51-43-42(50)41(49)40(48)38(34-45)52-43/h5,7,11,13,15-16,18-19,36-38,40-43,45-46,48-50H,3-4,6,8-10,12,14,17,20-35H2,1-2H3,(H,44,47)/b7-5-,13-11-,16-15-,19-18-. The Morgan fingerprint density at radius 1 is 0.673 bits per heavy atom. The number of unbranched alkanes of at least 4 members (excludes halogenated alkanes) is 15. The molecule has 0 aromatic carbocycles.